The normalized spacial score (nSPS) is 16.1. The zero-order chi connectivity index (χ0) is 29.6. The van der Waals surface area contributed by atoms with E-state index in [-0.39, 0.29) is 23.8 Å². The molecule has 1 heterocycles. The minimum absolute atomic E-state index is 0.0596. The summed E-state index contributed by atoms with van der Waals surface area (Å²) in [5.74, 6) is -1.46. The number of aromatic carboxylic acids is 1. The number of carbonyl (C=O) groups excluding carboxylic acids is 2. The van der Waals surface area contributed by atoms with Crippen molar-refractivity contribution in [2.45, 2.75) is 37.6 Å². The Hall–Kier alpha value is -4.58. The van der Waals surface area contributed by atoms with Crippen LogP contribution in [0.15, 0.2) is 72.8 Å². The van der Waals surface area contributed by atoms with Crippen LogP contribution in [-0.4, -0.2) is 58.2 Å². The van der Waals surface area contributed by atoms with Crippen molar-refractivity contribution in [2.24, 2.45) is 0 Å². The van der Waals surface area contributed by atoms with E-state index in [1.807, 2.05) is 4.90 Å². The fraction of sp³-hybridized carbons (Fsp3) is 0.276. The molecule has 5 N–H and O–H groups in total. The number of urea groups is 1. The number of anilines is 1. The molecule has 4 rings (SSSR count). The first-order chi connectivity index (χ1) is 19.5. The lowest BCUT2D eigenvalue weighted by Crippen LogP contribution is -2.52. The molecule has 0 aliphatic carbocycles. The zero-order valence-corrected chi connectivity index (χ0v) is 21.8. The Labute approximate surface area is 234 Å². The predicted molar refractivity (Wildman–Crippen MR) is 144 cm³/mol. The minimum atomic E-state index is -4.39. The molecule has 0 bridgehead atoms. The average Bonchev–Trinajstić information content (AvgIpc) is 3.36. The molecular weight excluding hydrogens is 541 g/mol. The van der Waals surface area contributed by atoms with Gasteiger partial charge in [0.2, 0.25) is 5.91 Å². The highest BCUT2D eigenvalue weighted by molar-refractivity contribution is 5.94. The molecule has 2 atom stereocenters. The number of amides is 3. The third-order valence-electron chi connectivity index (χ3n) is 6.69. The van der Waals surface area contributed by atoms with Crippen LogP contribution in [0.3, 0.4) is 0 Å². The first-order valence-electron chi connectivity index (χ1n) is 12.8. The summed E-state index contributed by atoms with van der Waals surface area (Å²) in [6.45, 7) is 1.55. The second kappa shape index (κ2) is 12.7. The van der Waals surface area contributed by atoms with Crippen LogP contribution in [0.5, 0.6) is 5.75 Å². The predicted octanol–water partition coefficient (Wildman–Crippen LogP) is 4.23. The molecule has 1 fully saturated rings. The number of carboxylic acid groups (broad SMARTS) is 1. The van der Waals surface area contributed by atoms with E-state index in [4.69, 9.17) is 5.11 Å². The van der Waals surface area contributed by atoms with E-state index in [1.165, 1.54) is 48.5 Å². The summed E-state index contributed by atoms with van der Waals surface area (Å²) in [7, 11) is 0. The Balaban J connectivity index is 1.36. The molecule has 41 heavy (non-hydrogen) atoms. The summed E-state index contributed by atoms with van der Waals surface area (Å²) >= 11 is 0. The number of aromatic hydroxyl groups is 1. The van der Waals surface area contributed by atoms with Crippen molar-refractivity contribution in [2.75, 3.05) is 18.4 Å². The first-order valence-corrected chi connectivity index (χ1v) is 12.8. The number of carbonyl (C=O) groups is 3. The fourth-order valence-electron chi connectivity index (χ4n) is 4.55. The van der Waals surface area contributed by atoms with Gasteiger partial charge in [0.15, 0.2) is 0 Å². The van der Waals surface area contributed by atoms with Gasteiger partial charge in [0, 0.05) is 37.8 Å². The highest BCUT2D eigenvalue weighted by atomic mass is 19.4. The summed E-state index contributed by atoms with van der Waals surface area (Å²) in [6, 6.07) is 14.9. The molecule has 0 spiro atoms. The molecule has 0 saturated carbocycles. The Morgan fingerprint density at radius 2 is 1.56 bits per heavy atom. The quantitative estimate of drug-likeness (QED) is 0.262. The van der Waals surface area contributed by atoms with Crippen LogP contribution in [0.4, 0.5) is 23.7 Å². The zero-order valence-electron chi connectivity index (χ0n) is 21.8. The van der Waals surface area contributed by atoms with Gasteiger partial charge in [-0.25, -0.2) is 9.59 Å². The van der Waals surface area contributed by atoms with Gasteiger partial charge in [-0.15, -0.1) is 0 Å². The number of hydrogen-bond acceptors (Lipinski definition) is 5. The van der Waals surface area contributed by atoms with E-state index in [2.05, 4.69) is 16.0 Å². The Kier molecular flexibility index (Phi) is 9.13. The second-order valence-corrected chi connectivity index (χ2v) is 9.83. The van der Waals surface area contributed by atoms with Crippen LogP contribution in [0.1, 0.15) is 33.5 Å². The van der Waals surface area contributed by atoms with Gasteiger partial charge in [-0.3, -0.25) is 9.69 Å². The van der Waals surface area contributed by atoms with Gasteiger partial charge < -0.3 is 26.2 Å². The number of rotatable bonds is 9. The van der Waals surface area contributed by atoms with E-state index in [1.54, 1.807) is 12.1 Å². The summed E-state index contributed by atoms with van der Waals surface area (Å²) < 4.78 is 38.5. The van der Waals surface area contributed by atoms with Crippen molar-refractivity contribution < 1.29 is 37.8 Å². The highest BCUT2D eigenvalue weighted by Gasteiger charge is 2.31. The van der Waals surface area contributed by atoms with E-state index in [9.17, 15) is 32.7 Å². The van der Waals surface area contributed by atoms with E-state index >= 15 is 0 Å². The maximum Gasteiger partial charge on any atom is 0.416 e. The molecule has 9 nitrogen and oxygen atoms in total. The van der Waals surface area contributed by atoms with Gasteiger partial charge in [-0.05, 0) is 66.1 Å². The van der Waals surface area contributed by atoms with Gasteiger partial charge in [-0.2, -0.15) is 13.2 Å². The molecular formula is C29H29F3N4O5. The molecule has 216 valence electrons. The van der Waals surface area contributed by atoms with Crippen LogP contribution in [0, 0.1) is 0 Å². The number of likely N-dealkylation sites (tertiary alicyclic amines) is 1. The Bertz CT molecular complexity index is 1360. The smallest absolute Gasteiger partial charge is 0.416 e. The standard InChI is InChI=1S/C29H29F3N4O5/c30-29(31,32)21-7-1-19(2-8-21)16-36-14-13-23(17-36)33-26(38)25(15-18-3-11-24(37)12-4-18)35-28(41)34-22-9-5-20(6-10-22)27(39)40/h1-12,23,25,37H,13-17H2,(H,33,38)(H,39,40)(H2,34,35,41)/t23?,25-/m0/s1. The molecule has 1 saturated heterocycles. The lowest BCUT2D eigenvalue weighted by molar-refractivity contribution is -0.137. The number of carboxylic acids is 1. The number of alkyl halides is 3. The van der Waals surface area contributed by atoms with Crippen LogP contribution in [0.2, 0.25) is 0 Å². The summed E-state index contributed by atoms with van der Waals surface area (Å²) in [4.78, 5) is 39.1. The SMILES string of the molecule is O=C(Nc1ccc(C(=O)O)cc1)N[C@@H](Cc1ccc(O)cc1)C(=O)NC1CCN(Cc2ccc(C(F)(F)F)cc2)C1. The van der Waals surface area contributed by atoms with Crippen molar-refractivity contribution in [1.82, 2.24) is 15.5 Å². The summed E-state index contributed by atoms with van der Waals surface area (Å²) in [5, 5.41) is 26.8. The van der Waals surface area contributed by atoms with Gasteiger partial charge in [0.25, 0.3) is 0 Å². The van der Waals surface area contributed by atoms with Crippen LogP contribution in [0.25, 0.3) is 0 Å². The molecule has 1 unspecified atom stereocenters. The van der Waals surface area contributed by atoms with Gasteiger partial charge in [0.1, 0.15) is 11.8 Å². The third-order valence-corrected chi connectivity index (χ3v) is 6.69. The lowest BCUT2D eigenvalue weighted by Gasteiger charge is -2.22. The van der Waals surface area contributed by atoms with Crippen molar-refractivity contribution in [1.29, 1.82) is 0 Å². The van der Waals surface area contributed by atoms with Crippen molar-refractivity contribution in [3.63, 3.8) is 0 Å². The van der Waals surface area contributed by atoms with E-state index in [0.717, 1.165) is 17.7 Å². The topological polar surface area (TPSA) is 131 Å². The van der Waals surface area contributed by atoms with Crippen molar-refractivity contribution in [3.05, 3.63) is 95.1 Å². The monoisotopic (exact) mass is 570 g/mol. The van der Waals surface area contributed by atoms with E-state index < -0.39 is 35.7 Å². The lowest BCUT2D eigenvalue weighted by atomic mass is 10.0. The number of phenolic OH excluding ortho intramolecular Hbond substituents is 1. The average molecular weight is 571 g/mol. The summed E-state index contributed by atoms with van der Waals surface area (Å²) in [5.41, 5.74) is 1.12. The van der Waals surface area contributed by atoms with Gasteiger partial charge >= 0.3 is 18.2 Å². The maximum atomic E-state index is 13.3. The van der Waals surface area contributed by atoms with Gasteiger partial charge in [0.05, 0.1) is 11.1 Å². The maximum absolute atomic E-state index is 13.3. The van der Waals surface area contributed by atoms with Crippen LogP contribution in [-0.2, 0) is 23.9 Å². The van der Waals surface area contributed by atoms with Crippen molar-refractivity contribution in [3.8, 4) is 5.75 Å². The molecule has 1 aliphatic rings. The molecule has 0 aromatic heterocycles. The molecule has 3 aromatic rings. The third kappa shape index (κ3) is 8.45. The number of nitrogens with zero attached hydrogens (tertiary/aromatic N) is 1. The molecule has 12 heteroatoms. The first kappa shape index (κ1) is 29.4. The number of halogens is 3. The number of benzene rings is 3. The van der Waals surface area contributed by atoms with Crippen LogP contribution < -0.4 is 16.0 Å². The Morgan fingerprint density at radius 3 is 2.17 bits per heavy atom. The Morgan fingerprint density at radius 1 is 0.927 bits per heavy atom. The van der Waals surface area contributed by atoms with Crippen molar-refractivity contribution >= 4 is 23.6 Å². The molecule has 3 aromatic carbocycles. The van der Waals surface area contributed by atoms with Crippen LogP contribution >= 0.6 is 0 Å². The molecule has 1 aliphatic heterocycles. The highest BCUT2D eigenvalue weighted by Crippen LogP contribution is 2.29. The van der Waals surface area contributed by atoms with E-state index in [0.29, 0.717) is 37.3 Å². The number of phenols is 1. The number of hydrogen-bond donors (Lipinski definition) is 5. The number of nitrogens with one attached hydrogen (secondary N) is 3. The summed E-state index contributed by atoms with van der Waals surface area (Å²) in [6.07, 6.45) is -3.63. The fourth-order valence-corrected chi connectivity index (χ4v) is 4.55. The largest absolute Gasteiger partial charge is 0.508 e. The minimum Gasteiger partial charge on any atom is -0.508 e. The second-order valence-electron chi connectivity index (χ2n) is 9.83. The molecule has 3 amide bonds. The molecule has 0 radical (unpaired) electrons. The van der Waals surface area contributed by atoms with Gasteiger partial charge in [-0.1, -0.05) is 24.3 Å².